The number of nitrogens with one attached hydrogen (secondary N) is 1. The smallest absolute Gasteiger partial charge is 0.249 e. The van der Waals surface area contributed by atoms with E-state index in [1.54, 1.807) is 34.6 Å². The van der Waals surface area contributed by atoms with E-state index in [0.717, 1.165) is 54.8 Å². The molecule has 4 heterocycles. The highest BCUT2D eigenvalue weighted by Crippen LogP contribution is 2.32. The molecule has 1 unspecified atom stereocenters. The standard InChI is InChI=1S/C27H27ClN4O3S/c28-21-5-6-26-24(16-21)25(17-29-26)19-7-11-30(12-8-19)13-9-22-10-14-32(22)36(34,35)23-15-20-3-1-2-4-27(20)31(33)18-23/h1-7,15-18,22,29H,8-14H2. The summed E-state index contributed by atoms with van der Waals surface area (Å²) in [6, 6.07) is 14.5. The second-order valence-corrected chi connectivity index (χ2v) is 11.9. The molecule has 0 amide bonds. The summed E-state index contributed by atoms with van der Waals surface area (Å²) in [5.74, 6) is 0. The predicted molar refractivity (Wildman–Crippen MR) is 142 cm³/mol. The van der Waals surface area contributed by atoms with Gasteiger partial charge in [0.15, 0.2) is 0 Å². The SMILES string of the molecule is O=S(=O)(c1cc2ccccc2[n+]([O-])c1)N1CCC1CCN1CC=C(c2c[nH]c3ccc(Cl)cc23)CC1. The second-order valence-electron chi connectivity index (χ2n) is 9.58. The summed E-state index contributed by atoms with van der Waals surface area (Å²) in [5, 5.41) is 14.9. The monoisotopic (exact) mass is 522 g/mol. The highest BCUT2D eigenvalue weighted by Gasteiger charge is 2.39. The molecule has 9 heteroatoms. The molecule has 0 radical (unpaired) electrons. The Morgan fingerprint density at radius 3 is 2.78 bits per heavy atom. The van der Waals surface area contributed by atoms with Crippen LogP contribution in [0.4, 0.5) is 0 Å². The Bertz CT molecular complexity index is 1600. The van der Waals surface area contributed by atoms with Crippen LogP contribution in [0.25, 0.3) is 27.4 Å². The van der Waals surface area contributed by atoms with Crippen molar-refractivity contribution in [3.63, 3.8) is 0 Å². The third-order valence-electron chi connectivity index (χ3n) is 7.47. The lowest BCUT2D eigenvalue weighted by molar-refractivity contribution is -0.579. The van der Waals surface area contributed by atoms with Crippen molar-refractivity contribution in [1.29, 1.82) is 0 Å². The van der Waals surface area contributed by atoms with Crippen LogP contribution in [0.3, 0.4) is 0 Å². The largest absolute Gasteiger partial charge is 0.618 e. The number of halogens is 1. The number of benzene rings is 2. The number of rotatable bonds is 6. The summed E-state index contributed by atoms with van der Waals surface area (Å²) in [5.41, 5.74) is 4.06. The maximum Gasteiger partial charge on any atom is 0.249 e. The molecule has 7 nitrogen and oxygen atoms in total. The molecule has 1 fully saturated rings. The van der Waals surface area contributed by atoms with E-state index in [1.165, 1.54) is 17.3 Å². The van der Waals surface area contributed by atoms with E-state index in [4.69, 9.17) is 11.6 Å². The summed E-state index contributed by atoms with van der Waals surface area (Å²) in [6.45, 7) is 3.09. The molecule has 1 atom stereocenters. The number of aromatic nitrogens is 2. The van der Waals surface area contributed by atoms with Crippen LogP contribution in [-0.4, -0.2) is 54.8 Å². The molecular formula is C27H27ClN4O3S. The molecule has 0 saturated carbocycles. The fourth-order valence-electron chi connectivity index (χ4n) is 5.33. The molecule has 2 aromatic carbocycles. The Labute approximate surface area is 215 Å². The van der Waals surface area contributed by atoms with E-state index in [9.17, 15) is 13.6 Å². The molecule has 0 aliphatic carbocycles. The van der Waals surface area contributed by atoms with Crippen molar-refractivity contribution in [3.8, 4) is 0 Å². The average Bonchev–Trinajstić information content (AvgIpc) is 3.26. The van der Waals surface area contributed by atoms with Crippen molar-refractivity contribution in [3.05, 3.63) is 82.8 Å². The third kappa shape index (κ3) is 4.18. The van der Waals surface area contributed by atoms with E-state index in [-0.39, 0.29) is 10.9 Å². The molecule has 6 rings (SSSR count). The number of aromatic amines is 1. The van der Waals surface area contributed by atoms with Gasteiger partial charge in [-0.05, 0) is 55.2 Å². The Morgan fingerprint density at radius 2 is 2.00 bits per heavy atom. The van der Waals surface area contributed by atoms with E-state index in [0.29, 0.717) is 22.2 Å². The first kappa shape index (κ1) is 23.5. The number of H-pyrrole nitrogens is 1. The number of nitrogens with zero attached hydrogens (tertiary/aromatic N) is 3. The first-order valence-electron chi connectivity index (χ1n) is 12.2. The molecule has 1 N–H and O–H groups in total. The van der Waals surface area contributed by atoms with Gasteiger partial charge in [0.1, 0.15) is 4.90 Å². The molecule has 2 aromatic heterocycles. The molecule has 2 aliphatic rings. The van der Waals surface area contributed by atoms with Crippen LogP contribution in [0.1, 0.15) is 24.8 Å². The minimum Gasteiger partial charge on any atom is -0.618 e. The number of pyridine rings is 1. The van der Waals surface area contributed by atoms with Gasteiger partial charge in [-0.25, -0.2) is 8.42 Å². The van der Waals surface area contributed by atoms with E-state index < -0.39 is 10.0 Å². The molecule has 4 aromatic rings. The Hall–Kier alpha value is -2.91. The number of para-hydroxylation sites is 1. The molecule has 186 valence electrons. The van der Waals surface area contributed by atoms with Gasteiger partial charge in [-0.1, -0.05) is 29.8 Å². The normalized spacial score (nSPS) is 19.5. The third-order valence-corrected chi connectivity index (χ3v) is 9.63. The first-order chi connectivity index (χ1) is 17.4. The van der Waals surface area contributed by atoms with Crippen LogP contribution in [0.2, 0.25) is 5.02 Å². The zero-order valence-electron chi connectivity index (χ0n) is 19.7. The minimum atomic E-state index is -3.71. The van der Waals surface area contributed by atoms with Crippen molar-refractivity contribution in [2.24, 2.45) is 0 Å². The lowest BCUT2D eigenvalue weighted by Crippen LogP contribution is -2.52. The highest BCUT2D eigenvalue weighted by atomic mass is 35.5. The van der Waals surface area contributed by atoms with Gasteiger partial charge in [0.2, 0.25) is 21.7 Å². The van der Waals surface area contributed by atoms with Gasteiger partial charge in [-0.2, -0.15) is 9.04 Å². The summed E-state index contributed by atoms with van der Waals surface area (Å²) >= 11 is 6.21. The molecule has 1 saturated heterocycles. The molecule has 0 spiro atoms. The summed E-state index contributed by atoms with van der Waals surface area (Å²) in [6.07, 6.45) is 8.06. The van der Waals surface area contributed by atoms with Gasteiger partial charge in [-0.15, -0.1) is 0 Å². The first-order valence-corrected chi connectivity index (χ1v) is 14.0. The van der Waals surface area contributed by atoms with Crippen LogP contribution >= 0.6 is 11.6 Å². The maximum atomic E-state index is 13.3. The topological polar surface area (TPSA) is 83.3 Å². The predicted octanol–water partition coefficient (Wildman–Crippen LogP) is 4.55. The Morgan fingerprint density at radius 1 is 1.14 bits per heavy atom. The fourth-order valence-corrected chi connectivity index (χ4v) is 7.23. The summed E-state index contributed by atoms with van der Waals surface area (Å²) in [4.78, 5) is 5.76. The second kappa shape index (κ2) is 9.19. The highest BCUT2D eigenvalue weighted by molar-refractivity contribution is 7.89. The van der Waals surface area contributed by atoms with Crippen molar-refractivity contribution in [2.75, 3.05) is 26.2 Å². The van der Waals surface area contributed by atoms with Crippen LogP contribution in [0, 0.1) is 5.21 Å². The zero-order valence-corrected chi connectivity index (χ0v) is 21.3. The number of hydrogen-bond donors (Lipinski definition) is 1. The summed E-state index contributed by atoms with van der Waals surface area (Å²) < 4.78 is 28.8. The van der Waals surface area contributed by atoms with Crippen molar-refractivity contribution < 1.29 is 13.1 Å². The number of hydrogen-bond acceptors (Lipinski definition) is 4. The lowest BCUT2D eigenvalue weighted by Gasteiger charge is -2.40. The number of fused-ring (bicyclic) bond motifs is 2. The molecule has 2 aliphatic heterocycles. The Balaban J connectivity index is 1.11. The van der Waals surface area contributed by atoms with E-state index in [2.05, 4.69) is 22.2 Å². The quantitative estimate of drug-likeness (QED) is 0.297. The van der Waals surface area contributed by atoms with E-state index >= 15 is 0 Å². The van der Waals surface area contributed by atoms with Gasteiger partial charge < -0.3 is 10.2 Å². The van der Waals surface area contributed by atoms with Gasteiger partial charge in [-0.3, -0.25) is 4.90 Å². The van der Waals surface area contributed by atoms with Crippen molar-refractivity contribution in [2.45, 2.75) is 30.2 Å². The Kier molecular flexibility index (Phi) is 6.00. The summed E-state index contributed by atoms with van der Waals surface area (Å²) in [7, 11) is -3.71. The van der Waals surface area contributed by atoms with E-state index in [1.807, 2.05) is 18.2 Å². The number of sulfonamides is 1. The van der Waals surface area contributed by atoms with Crippen LogP contribution in [-0.2, 0) is 10.0 Å². The van der Waals surface area contributed by atoms with Gasteiger partial charge in [0.25, 0.3) is 0 Å². The van der Waals surface area contributed by atoms with Gasteiger partial charge in [0.05, 0.1) is 0 Å². The minimum absolute atomic E-state index is 0.0392. The molecule has 36 heavy (non-hydrogen) atoms. The van der Waals surface area contributed by atoms with Crippen molar-refractivity contribution >= 4 is 49.0 Å². The lowest BCUT2D eigenvalue weighted by atomic mass is 9.98. The molecule has 0 bridgehead atoms. The average molecular weight is 523 g/mol. The van der Waals surface area contributed by atoms with Gasteiger partial charge in [0, 0.05) is 71.4 Å². The molecular weight excluding hydrogens is 496 g/mol. The van der Waals surface area contributed by atoms with Crippen LogP contribution in [0.5, 0.6) is 0 Å². The van der Waals surface area contributed by atoms with Crippen LogP contribution in [0.15, 0.2) is 71.9 Å². The van der Waals surface area contributed by atoms with Gasteiger partial charge >= 0.3 is 0 Å². The van der Waals surface area contributed by atoms with Crippen LogP contribution < -0.4 is 4.73 Å². The zero-order chi connectivity index (χ0) is 24.9. The maximum absolute atomic E-state index is 13.3. The fraction of sp³-hybridized carbons (Fsp3) is 0.296. The van der Waals surface area contributed by atoms with Crippen molar-refractivity contribution in [1.82, 2.24) is 14.2 Å².